The molecule has 0 saturated carbocycles. The predicted octanol–water partition coefficient (Wildman–Crippen LogP) is 2.51. The van der Waals surface area contributed by atoms with E-state index in [4.69, 9.17) is 5.53 Å². The summed E-state index contributed by atoms with van der Waals surface area (Å²) >= 11 is 0. The Morgan fingerprint density at radius 2 is 2.29 bits per heavy atom. The van der Waals surface area contributed by atoms with Gasteiger partial charge in [0.05, 0.1) is 0 Å². The molecule has 0 aliphatic heterocycles. The summed E-state index contributed by atoms with van der Waals surface area (Å²) in [6.45, 7) is 5.36. The van der Waals surface area contributed by atoms with Crippen molar-refractivity contribution < 1.29 is 4.79 Å². The van der Waals surface area contributed by atoms with Crippen LogP contribution in [-0.2, 0) is 0 Å². The lowest BCUT2D eigenvalue weighted by atomic mass is 9.96. The van der Waals surface area contributed by atoms with Gasteiger partial charge in [0, 0.05) is 22.7 Å². The topological polar surface area (TPSA) is 83.7 Å². The first-order valence-electron chi connectivity index (χ1n) is 4.10. The minimum atomic E-state index is -0.527. The molecule has 74 valence electrons. The van der Waals surface area contributed by atoms with Crippen LogP contribution in [0.1, 0.15) is 25.6 Å². The van der Waals surface area contributed by atoms with Crippen molar-refractivity contribution >= 4 is 11.9 Å². The summed E-state index contributed by atoms with van der Waals surface area (Å²) in [5, 5.41) is 3.31. The first-order valence-corrected chi connectivity index (χ1v) is 4.10. The van der Waals surface area contributed by atoms with Gasteiger partial charge in [0.2, 0.25) is 11.9 Å². The van der Waals surface area contributed by atoms with Gasteiger partial charge in [-0.05, 0) is 10.6 Å². The minimum Gasteiger partial charge on any atom is -0.273 e. The van der Waals surface area contributed by atoms with Crippen LogP contribution in [0.3, 0.4) is 0 Å². The second-order valence-electron chi connectivity index (χ2n) is 3.84. The molecular formula is C8H11N5O. The van der Waals surface area contributed by atoms with Crippen molar-refractivity contribution in [3.8, 4) is 0 Å². The van der Waals surface area contributed by atoms with E-state index in [1.165, 1.54) is 17.0 Å². The molecule has 6 nitrogen and oxygen atoms in total. The lowest BCUT2D eigenvalue weighted by Gasteiger charge is -2.17. The summed E-state index contributed by atoms with van der Waals surface area (Å²) < 4.78 is 1.25. The number of carbonyl (C=O) groups is 1. The second kappa shape index (κ2) is 3.51. The van der Waals surface area contributed by atoms with Crippen molar-refractivity contribution in [1.29, 1.82) is 0 Å². The first-order chi connectivity index (χ1) is 6.46. The van der Waals surface area contributed by atoms with E-state index in [0.29, 0.717) is 0 Å². The number of hydrogen-bond acceptors (Lipinski definition) is 3. The Bertz CT molecular complexity index is 394. The molecule has 0 fully saturated rings. The van der Waals surface area contributed by atoms with Gasteiger partial charge in [-0.1, -0.05) is 20.8 Å². The maximum absolute atomic E-state index is 11.8. The molecule has 1 heterocycles. The predicted molar refractivity (Wildman–Crippen MR) is 51.1 cm³/mol. The zero-order chi connectivity index (χ0) is 10.8. The van der Waals surface area contributed by atoms with E-state index in [9.17, 15) is 4.79 Å². The molecule has 0 amide bonds. The maximum atomic E-state index is 11.8. The van der Waals surface area contributed by atoms with Crippen LogP contribution in [0.25, 0.3) is 10.4 Å². The van der Waals surface area contributed by atoms with Gasteiger partial charge < -0.3 is 0 Å². The maximum Gasteiger partial charge on any atom is 0.237 e. The Morgan fingerprint density at radius 1 is 1.64 bits per heavy atom. The van der Waals surface area contributed by atoms with Crippen LogP contribution in [0.2, 0.25) is 0 Å². The van der Waals surface area contributed by atoms with Gasteiger partial charge in [-0.15, -0.1) is 0 Å². The molecule has 0 saturated heterocycles. The third kappa shape index (κ3) is 1.92. The normalized spacial score (nSPS) is 10.8. The average Bonchev–Trinajstić information content (AvgIpc) is 2.50. The molecule has 1 aromatic rings. The third-order valence-electron chi connectivity index (χ3n) is 1.62. The van der Waals surface area contributed by atoms with E-state index >= 15 is 0 Å². The van der Waals surface area contributed by atoms with Gasteiger partial charge >= 0.3 is 0 Å². The quantitative estimate of drug-likeness (QED) is 0.390. The van der Waals surface area contributed by atoms with Crippen LogP contribution < -0.4 is 0 Å². The summed E-state index contributed by atoms with van der Waals surface area (Å²) in [4.78, 5) is 18.1. The third-order valence-corrected chi connectivity index (χ3v) is 1.62. The van der Waals surface area contributed by atoms with Gasteiger partial charge in [-0.2, -0.15) is 0 Å². The highest BCUT2D eigenvalue weighted by Gasteiger charge is 2.24. The Morgan fingerprint density at radius 3 is 2.79 bits per heavy atom. The number of nitrogens with zero attached hydrogens (tertiary/aromatic N) is 5. The van der Waals surface area contributed by atoms with E-state index in [1.807, 2.05) is 0 Å². The molecule has 1 rings (SSSR count). The van der Waals surface area contributed by atoms with Gasteiger partial charge in [0.15, 0.2) is 0 Å². The van der Waals surface area contributed by atoms with Crippen LogP contribution in [0.15, 0.2) is 17.5 Å². The molecule has 1 aromatic heterocycles. The summed E-state index contributed by atoms with van der Waals surface area (Å²) in [5.41, 5.74) is 7.71. The Kier molecular flexibility index (Phi) is 2.58. The number of carbonyl (C=O) groups excluding carboxylic acids is 1. The van der Waals surface area contributed by atoms with Crippen LogP contribution in [0.4, 0.5) is 5.95 Å². The van der Waals surface area contributed by atoms with E-state index in [-0.39, 0.29) is 11.9 Å². The van der Waals surface area contributed by atoms with E-state index in [2.05, 4.69) is 15.0 Å². The molecule has 0 radical (unpaired) electrons. The fraction of sp³-hybridized carbons (Fsp3) is 0.500. The van der Waals surface area contributed by atoms with Gasteiger partial charge in [0.1, 0.15) is 0 Å². The SMILES string of the molecule is CC(C)(C)C(=O)n1ccnc1N=[N+]=[N-]. The molecular weight excluding hydrogens is 182 g/mol. The molecule has 0 spiro atoms. The molecule has 0 aromatic carbocycles. The minimum absolute atomic E-state index is 0.0763. The monoisotopic (exact) mass is 193 g/mol. The van der Waals surface area contributed by atoms with Crippen molar-refractivity contribution in [2.75, 3.05) is 0 Å². The average molecular weight is 193 g/mol. The lowest BCUT2D eigenvalue weighted by molar-refractivity contribution is 0.0769. The molecule has 0 unspecified atom stereocenters. The Balaban J connectivity index is 3.14. The molecule has 0 aliphatic rings. The zero-order valence-corrected chi connectivity index (χ0v) is 8.30. The molecule has 0 atom stereocenters. The standard InChI is InChI=1S/C8H11N5O/c1-8(2,3)6(14)13-5-4-10-7(13)11-12-9/h4-5H,1-3H3. The van der Waals surface area contributed by atoms with E-state index in [1.54, 1.807) is 20.8 Å². The summed E-state index contributed by atoms with van der Waals surface area (Å²) in [6, 6.07) is 0. The van der Waals surface area contributed by atoms with Crippen LogP contribution in [0.5, 0.6) is 0 Å². The molecule has 6 heteroatoms. The molecule has 0 bridgehead atoms. The smallest absolute Gasteiger partial charge is 0.237 e. The van der Waals surface area contributed by atoms with Crippen molar-refractivity contribution in [3.05, 3.63) is 22.8 Å². The van der Waals surface area contributed by atoms with Crippen molar-refractivity contribution in [2.24, 2.45) is 10.5 Å². The summed E-state index contributed by atoms with van der Waals surface area (Å²) in [6.07, 6.45) is 2.91. The number of aromatic nitrogens is 2. The van der Waals surface area contributed by atoms with Crippen LogP contribution in [-0.4, -0.2) is 15.5 Å². The van der Waals surface area contributed by atoms with E-state index < -0.39 is 5.41 Å². The highest BCUT2D eigenvalue weighted by Crippen LogP contribution is 2.20. The van der Waals surface area contributed by atoms with Gasteiger partial charge in [-0.25, -0.2) is 4.98 Å². The number of azide groups is 1. The van der Waals surface area contributed by atoms with Gasteiger partial charge in [-0.3, -0.25) is 9.36 Å². The highest BCUT2D eigenvalue weighted by atomic mass is 16.2. The lowest BCUT2D eigenvalue weighted by Crippen LogP contribution is -2.25. The number of imidazole rings is 1. The fourth-order valence-electron chi connectivity index (χ4n) is 0.929. The largest absolute Gasteiger partial charge is 0.273 e. The molecule has 14 heavy (non-hydrogen) atoms. The second-order valence-corrected chi connectivity index (χ2v) is 3.84. The fourth-order valence-corrected chi connectivity index (χ4v) is 0.929. The highest BCUT2D eigenvalue weighted by molar-refractivity contribution is 5.85. The zero-order valence-electron chi connectivity index (χ0n) is 8.30. The van der Waals surface area contributed by atoms with Crippen molar-refractivity contribution in [1.82, 2.24) is 9.55 Å². The number of rotatable bonds is 1. The summed E-state index contributed by atoms with van der Waals surface area (Å²) in [5.74, 6) is -0.0789. The van der Waals surface area contributed by atoms with Crippen molar-refractivity contribution in [2.45, 2.75) is 20.8 Å². The van der Waals surface area contributed by atoms with Crippen molar-refractivity contribution in [3.63, 3.8) is 0 Å². The number of hydrogen-bond donors (Lipinski definition) is 0. The van der Waals surface area contributed by atoms with Crippen LogP contribution >= 0.6 is 0 Å². The molecule has 0 aliphatic carbocycles. The van der Waals surface area contributed by atoms with Gasteiger partial charge in [0.25, 0.3) is 0 Å². The van der Waals surface area contributed by atoms with Crippen LogP contribution in [0, 0.1) is 5.41 Å². The first kappa shape index (κ1) is 10.3. The van der Waals surface area contributed by atoms with E-state index in [0.717, 1.165) is 0 Å². The summed E-state index contributed by atoms with van der Waals surface area (Å²) in [7, 11) is 0. The molecule has 0 N–H and O–H groups in total. The Hall–Kier alpha value is -1.81. The Labute approximate surface area is 81.2 Å².